The average Bonchev–Trinajstić information content (AvgIpc) is 2.69. The summed E-state index contributed by atoms with van der Waals surface area (Å²) in [5.41, 5.74) is 11.6. The van der Waals surface area contributed by atoms with E-state index in [-0.39, 0.29) is 0 Å². The normalized spacial score (nSPS) is 11.0. The van der Waals surface area contributed by atoms with Crippen LogP contribution in [0.4, 0.5) is 5.69 Å². The second-order valence-electron chi connectivity index (χ2n) is 4.72. The van der Waals surface area contributed by atoms with Crippen molar-refractivity contribution in [1.29, 1.82) is 0 Å². The smallest absolute Gasteiger partial charge is 0.0488 e. The van der Waals surface area contributed by atoms with Gasteiger partial charge in [0.25, 0.3) is 0 Å². The highest BCUT2D eigenvalue weighted by Gasteiger charge is 2.08. The predicted octanol–water partition coefficient (Wildman–Crippen LogP) is 3.74. The number of nitrogen functional groups attached to an aromatic ring is 1. The third-order valence-electron chi connectivity index (χ3n) is 3.50. The number of hydrogen-bond donors (Lipinski definition) is 1. The molecule has 0 radical (unpaired) electrons. The number of nitrogens with zero attached hydrogens (tertiary/aromatic N) is 1. The van der Waals surface area contributed by atoms with Crippen LogP contribution in [0, 0.1) is 6.92 Å². The maximum atomic E-state index is 5.97. The Morgan fingerprint density at radius 3 is 2.44 bits per heavy atom. The van der Waals surface area contributed by atoms with Gasteiger partial charge in [0.2, 0.25) is 0 Å². The standard InChI is InChI=1S/C16H16N2/c1-11-8-15-13(9-14(11)17)10-16(18(15)2)12-6-4-3-5-7-12/h3-10H,17H2,1-2H3. The zero-order valence-electron chi connectivity index (χ0n) is 10.6. The van der Waals surface area contributed by atoms with E-state index in [2.05, 4.69) is 54.1 Å². The molecule has 2 heteroatoms. The van der Waals surface area contributed by atoms with Gasteiger partial charge in [0.1, 0.15) is 0 Å². The molecule has 2 nitrogen and oxygen atoms in total. The topological polar surface area (TPSA) is 30.9 Å². The Hall–Kier alpha value is -2.22. The second-order valence-corrected chi connectivity index (χ2v) is 4.72. The van der Waals surface area contributed by atoms with E-state index < -0.39 is 0 Å². The molecule has 1 aromatic heterocycles. The molecule has 0 saturated carbocycles. The molecule has 0 spiro atoms. The lowest BCUT2D eigenvalue weighted by Crippen LogP contribution is -1.93. The molecule has 0 atom stereocenters. The molecule has 3 aromatic rings. The van der Waals surface area contributed by atoms with E-state index in [9.17, 15) is 0 Å². The van der Waals surface area contributed by atoms with Crippen LogP contribution in [-0.4, -0.2) is 4.57 Å². The molecule has 0 aliphatic rings. The lowest BCUT2D eigenvalue weighted by Gasteiger charge is -2.05. The summed E-state index contributed by atoms with van der Waals surface area (Å²) >= 11 is 0. The van der Waals surface area contributed by atoms with Gasteiger partial charge in [0.05, 0.1) is 0 Å². The first kappa shape index (κ1) is 10.9. The molecule has 0 bridgehead atoms. The molecule has 3 rings (SSSR count). The summed E-state index contributed by atoms with van der Waals surface area (Å²) < 4.78 is 2.22. The van der Waals surface area contributed by atoms with Gasteiger partial charge in [-0.25, -0.2) is 0 Å². The van der Waals surface area contributed by atoms with Crippen LogP contribution in [0.2, 0.25) is 0 Å². The zero-order valence-corrected chi connectivity index (χ0v) is 10.6. The fourth-order valence-electron chi connectivity index (χ4n) is 2.39. The van der Waals surface area contributed by atoms with Crippen LogP contribution in [0.25, 0.3) is 22.2 Å². The van der Waals surface area contributed by atoms with Crippen molar-refractivity contribution >= 4 is 16.6 Å². The number of nitrogens with two attached hydrogens (primary N) is 1. The van der Waals surface area contributed by atoms with Gasteiger partial charge in [-0.05, 0) is 36.2 Å². The highest BCUT2D eigenvalue weighted by atomic mass is 14.9. The lowest BCUT2D eigenvalue weighted by atomic mass is 10.1. The van der Waals surface area contributed by atoms with Crippen molar-refractivity contribution in [3.63, 3.8) is 0 Å². The average molecular weight is 236 g/mol. The largest absolute Gasteiger partial charge is 0.398 e. The number of rotatable bonds is 1. The molecular weight excluding hydrogens is 220 g/mol. The summed E-state index contributed by atoms with van der Waals surface area (Å²) in [5, 5.41) is 1.19. The van der Waals surface area contributed by atoms with Gasteiger partial charge in [-0.3, -0.25) is 0 Å². The summed E-state index contributed by atoms with van der Waals surface area (Å²) in [6.45, 7) is 2.05. The van der Waals surface area contributed by atoms with Crippen LogP contribution in [0.15, 0.2) is 48.5 Å². The minimum atomic E-state index is 0.854. The molecule has 0 saturated heterocycles. The minimum absolute atomic E-state index is 0.854. The summed E-state index contributed by atoms with van der Waals surface area (Å²) in [7, 11) is 2.10. The third kappa shape index (κ3) is 1.58. The Labute approximate surface area is 107 Å². The molecule has 2 N–H and O–H groups in total. The Balaban J connectivity index is 2.30. The lowest BCUT2D eigenvalue weighted by molar-refractivity contribution is 0.977. The van der Waals surface area contributed by atoms with Gasteiger partial charge in [-0.15, -0.1) is 0 Å². The minimum Gasteiger partial charge on any atom is -0.398 e. The van der Waals surface area contributed by atoms with Crippen molar-refractivity contribution in [1.82, 2.24) is 4.57 Å². The van der Waals surface area contributed by atoms with E-state index >= 15 is 0 Å². The summed E-state index contributed by atoms with van der Waals surface area (Å²) in [4.78, 5) is 0. The Morgan fingerprint density at radius 2 is 1.72 bits per heavy atom. The van der Waals surface area contributed by atoms with Crippen molar-refractivity contribution in [2.45, 2.75) is 6.92 Å². The Morgan fingerprint density at radius 1 is 1.00 bits per heavy atom. The van der Waals surface area contributed by atoms with Gasteiger partial charge in [-0.2, -0.15) is 0 Å². The second kappa shape index (κ2) is 3.91. The number of hydrogen-bond acceptors (Lipinski definition) is 1. The Bertz CT molecular complexity index is 709. The first-order chi connectivity index (χ1) is 8.66. The molecule has 1 heterocycles. The van der Waals surface area contributed by atoms with E-state index in [0.29, 0.717) is 0 Å². The maximum absolute atomic E-state index is 5.97. The molecule has 0 aliphatic heterocycles. The van der Waals surface area contributed by atoms with Crippen molar-refractivity contribution < 1.29 is 0 Å². The van der Waals surface area contributed by atoms with Gasteiger partial charge < -0.3 is 10.3 Å². The van der Waals surface area contributed by atoms with Gasteiger partial charge in [0.15, 0.2) is 0 Å². The summed E-state index contributed by atoms with van der Waals surface area (Å²) in [5.74, 6) is 0. The quantitative estimate of drug-likeness (QED) is 0.641. The molecule has 90 valence electrons. The first-order valence-corrected chi connectivity index (χ1v) is 6.08. The van der Waals surface area contributed by atoms with E-state index in [0.717, 1.165) is 11.3 Å². The molecule has 18 heavy (non-hydrogen) atoms. The third-order valence-corrected chi connectivity index (χ3v) is 3.50. The highest BCUT2D eigenvalue weighted by Crippen LogP contribution is 2.29. The highest BCUT2D eigenvalue weighted by molar-refractivity contribution is 5.90. The SMILES string of the molecule is Cc1cc2c(cc1N)cc(-c1ccccc1)n2C. The fraction of sp³-hybridized carbons (Fsp3) is 0.125. The fourth-order valence-corrected chi connectivity index (χ4v) is 2.39. The number of anilines is 1. The predicted molar refractivity (Wildman–Crippen MR) is 77.5 cm³/mol. The summed E-state index contributed by atoms with van der Waals surface area (Å²) in [6.07, 6.45) is 0. The first-order valence-electron chi connectivity index (χ1n) is 6.08. The van der Waals surface area contributed by atoms with Crippen LogP contribution >= 0.6 is 0 Å². The summed E-state index contributed by atoms with van der Waals surface area (Å²) in [6, 6.07) is 16.8. The number of aryl methyl sites for hydroxylation is 2. The molecule has 0 aliphatic carbocycles. The van der Waals surface area contributed by atoms with Crippen molar-refractivity contribution in [3.8, 4) is 11.3 Å². The van der Waals surface area contributed by atoms with Crippen LogP contribution in [-0.2, 0) is 7.05 Å². The van der Waals surface area contributed by atoms with Gasteiger partial charge in [0, 0.05) is 29.3 Å². The van der Waals surface area contributed by atoms with Crippen molar-refractivity contribution in [3.05, 3.63) is 54.1 Å². The van der Waals surface area contributed by atoms with Crippen molar-refractivity contribution in [2.75, 3.05) is 5.73 Å². The molecular formula is C16H16N2. The van der Waals surface area contributed by atoms with E-state index in [1.54, 1.807) is 0 Å². The van der Waals surface area contributed by atoms with Crippen LogP contribution in [0.3, 0.4) is 0 Å². The number of fused-ring (bicyclic) bond motifs is 1. The van der Waals surface area contributed by atoms with Crippen LogP contribution < -0.4 is 5.73 Å². The molecule has 0 amide bonds. The number of benzene rings is 2. The molecule has 0 fully saturated rings. The Kier molecular flexibility index (Phi) is 2.37. The molecule has 2 aromatic carbocycles. The molecule has 0 unspecified atom stereocenters. The van der Waals surface area contributed by atoms with Crippen LogP contribution in [0.5, 0.6) is 0 Å². The monoisotopic (exact) mass is 236 g/mol. The van der Waals surface area contributed by atoms with Gasteiger partial charge in [-0.1, -0.05) is 30.3 Å². The van der Waals surface area contributed by atoms with Crippen LogP contribution in [0.1, 0.15) is 5.56 Å². The zero-order chi connectivity index (χ0) is 12.7. The number of aromatic nitrogens is 1. The van der Waals surface area contributed by atoms with E-state index in [4.69, 9.17) is 5.73 Å². The van der Waals surface area contributed by atoms with E-state index in [1.807, 2.05) is 13.0 Å². The van der Waals surface area contributed by atoms with Crippen molar-refractivity contribution in [2.24, 2.45) is 7.05 Å². The maximum Gasteiger partial charge on any atom is 0.0488 e. The van der Waals surface area contributed by atoms with E-state index in [1.165, 1.54) is 22.2 Å². The van der Waals surface area contributed by atoms with Gasteiger partial charge >= 0.3 is 0 Å².